The molecule has 1 aromatic heterocycles. The molecule has 2 N–H and O–H groups in total. The van der Waals surface area contributed by atoms with Crippen molar-refractivity contribution in [2.24, 2.45) is 5.73 Å². The fraction of sp³-hybridized carbons (Fsp3) is 0.667. The van der Waals surface area contributed by atoms with Crippen LogP contribution in [-0.2, 0) is 6.42 Å². The van der Waals surface area contributed by atoms with E-state index in [1.807, 2.05) is 0 Å². The van der Waals surface area contributed by atoms with E-state index in [2.05, 4.69) is 37.9 Å². The number of nitrogens with zero attached hydrogens (tertiary/aromatic N) is 2. The second kappa shape index (κ2) is 4.97. The van der Waals surface area contributed by atoms with E-state index in [0.717, 1.165) is 13.0 Å². The monoisotopic (exact) mass is 315 g/mol. The molecule has 0 spiro atoms. The summed E-state index contributed by atoms with van der Waals surface area (Å²) in [5.74, 6) is 0. The van der Waals surface area contributed by atoms with E-state index in [0.29, 0.717) is 6.04 Å². The van der Waals surface area contributed by atoms with Gasteiger partial charge in [0.15, 0.2) is 0 Å². The molecule has 0 amide bonds. The largest absolute Gasteiger partial charge is 0.326 e. The molecule has 0 radical (unpaired) electrons. The van der Waals surface area contributed by atoms with Crippen LogP contribution in [0.3, 0.4) is 0 Å². The highest BCUT2D eigenvalue weighted by molar-refractivity contribution is 9.11. The topological polar surface area (TPSA) is 32.5 Å². The van der Waals surface area contributed by atoms with Crippen molar-refractivity contribution in [2.45, 2.75) is 18.5 Å². The molecule has 3 nitrogen and oxygen atoms in total. The molecule has 0 aliphatic carbocycles. The zero-order valence-electron chi connectivity index (χ0n) is 9.81. The summed E-state index contributed by atoms with van der Waals surface area (Å²) in [5.41, 5.74) is 6.40. The van der Waals surface area contributed by atoms with Gasteiger partial charge in [0, 0.05) is 49.7 Å². The lowest BCUT2D eigenvalue weighted by Crippen LogP contribution is -2.66. The third-order valence-corrected chi connectivity index (χ3v) is 5.53. The van der Waals surface area contributed by atoms with E-state index in [1.165, 1.54) is 34.8 Å². The van der Waals surface area contributed by atoms with E-state index in [-0.39, 0.29) is 6.04 Å². The summed E-state index contributed by atoms with van der Waals surface area (Å²) < 4.78 is 1.20. The van der Waals surface area contributed by atoms with E-state index in [1.54, 1.807) is 11.3 Å². The summed E-state index contributed by atoms with van der Waals surface area (Å²) in [6, 6.07) is 5.12. The molecule has 4 rings (SSSR count). The summed E-state index contributed by atoms with van der Waals surface area (Å²) >= 11 is 5.31. The van der Waals surface area contributed by atoms with Crippen molar-refractivity contribution < 1.29 is 0 Å². The number of piperazine rings is 3. The van der Waals surface area contributed by atoms with Gasteiger partial charge >= 0.3 is 0 Å². The quantitative estimate of drug-likeness (QED) is 0.914. The molecule has 3 saturated heterocycles. The van der Waals surface area contributed by atoms with Crippen LogP contribution in [0.1, 0.15) is 4.88 Å². The maximum Gasteiger partial charge on any atom is 0.0701 e. The predicted molar refractivity (Wildman–Crippen MR) is 75.5 cm³/mol. The van der Waals surface area contributed by atoms with Crippen molar-refractivity contribution in [1.82, 2.24) is 9.80 Å². The Kier molecular flexibility index (Phi) is 3.54. The van der Waals surface area contributed by atoms with Crippen LogP contribution in [0.4, 0.5) is 0 Å². The molecular formula is C12H18BrN3S. The molecule has 3 aliphatic heterocycles. The van der Waals surface area contributed by atoms with Crippen molar-refractivity contribution >= 4 is 27.3 Å². The fourth-order valence-corrected chi connectivity index (χ4v) is 4.45. The minimum atomic E-state index is 0.267. The maximum atomic E-state index is 6.40. The third-order valence-electron chi connectivity index (χ3n) is 3.88. The first-order chi connectivity index (χ1) is 8.22. The Morgan fingerprint density at radius 2 is 2.12 bits per heavy atom. The first-order valence-corrected chi connectivity index (χ1v) is 7.79. The van der Waals surface area contributed by atoms with Gasteiger partial charge in [-0.05, 0) is 34.5 Å². The minimum Gasteiger partial charge on any atom is -0.326 e. The Bertz CT molecular complexity index is 387. The van der Waals surface area contributed by atoms with Gasteiger partial charge in [-0.3, -0.25) is 9.80 Å². The standard InChI is InChI=1S/C12H18BrN3S/c13-12-2-1-9(17-12)7-10(14)11-8-15-3-5-16(11)6-4-15/h1-2,10-11H,3-8,14H2. The van der Waals surface area contributed by atoms with Gasteiger partial charge < -0.3 is 5.73 Å². The molecule has 4 heterocycles. The number of thiophene rings is 1. The Hall–Kier alpha value is 0.0600. The smallest absolute Gasteiger partial charge is 0.0701 e. The summed E-state index contributed by atoms with van der Waals surface area (Å²) in [6.45, 7) is 6.02. The molecule has 94 valence electrons. The van der Waals surface area contributed by atoms with Crippen molar-refractivity contribution in [1.29, 1.82) is 0 Å². The number of hydrogen-bond acceptors (Lipinski definition) is 4. The molecule has 2 bridgehead atoms. The van der Waals surface area contributed by atoms with Crippen LogP contribution in [0.15, 0.2) is 15.9 Å². The van der Waals surface area contributed by atoms with Crippen molar-refractivity contribution in [3.05, 3.63) is 20.8 Å². The first kappa shape index (κ1) is 12.1. The van der Waals surface area contributed by atoms with Crippen molar-refractivity contribution in [3.8, 4) is 0 Å². The second-order valence-electron chi connectivity index (χ2n) is 4.98. The normalized spacial score (nSPS) is 33.9. The number of nitrogens with two attached hydrogens (primary N) is 1. The molecule has 3 aliphatic rings. The van der Waals surface area contributed by atoms with Gasteiger partial charge in [-0.1, -0.05) is 0 Å². The zero-order chi connectivity index (χ0) is 11.8. The zero-order valence-corrected chi connectivity index (χ0v) is 12.2. The Morgan fingerprint density at radius 1 is 1.35 bits per heavy atom. The highest BCUT2D eigenvalue weighted by Crippen LogP contribution is 2.25. The van der Waals surface area contributed by atoms with Gasteiger partial charge in [0.25, 0.3) is 0 Å². The third kappa shape index (κ3) is 2.58. The summed E-state index contributed by atoms with van der Waals surface area (Å²) in [4.78, 5) is 6.52. The summed E-state index contributed by atoms with van der Waals surface area (Å²) in [7, 11) is 0. The molecule has 17 heavy (non-hydrogen) atoms. The van der Waals surface area contributed by atoms with Crippen LogP contribution >= 0.6 is 27.3 Å². The van der Waals surface area contributed by atoms with Crippen molar-refractivity contribution in [3.63, 3.8) is 0 Å². The number of halogens is 1. The Balaban J connectivity index is 1.64. The molecular weight excluding hydrogens is 298 g/mol. The van der Waals surface area contributed by atoms with E-state index >= 15 is 0 Å². The molecule has 0 aromatic carbocycles. The predicted octanol–water partition coefficient (Wildman–Crippen LogP) is 1.38. The van der Waals surface area contributed by atoms with Crippen LogP contribution in [-0.4, -0.2) is 54.6 Å². The Morgan fingerprint density at radius 3 is 2.65 bits per heavy atom. The lowest BCUT2D eigenvalue weighted by Gasteiger charge is -2.49. The van der Waals surface area contributed by atoms with Crippen LogP contribution in [0.25, 0.3) is 0 Å². The number of rotatable bonds is 3. The highest BCUT2D eigenvalue weighted by Gasteiger charge is 2.35. The maximum absolute atomic E-state index is 6.40. The van der Waals surface area contributed by atoms with Gasteiger partial charge in [-0.25, -0.2) is 0 Å². The average Bonchev–Trinajstić information content (AvgIpc) is 2.76. The molecule has 5 heteroatoms. The SMILES string of the molecule is NC(Cc1ccc(Br)s1)C1CN2CCN1CC2. The van der Waals surface area contributed by atoms with Gasteiger partial charge in [-0.15, -0.1) is 11.3 Å². The molecule has 2 atom stereocenters. The highest BCUT2D eigenvalue weighted by atomic mass is 79.9. The lowest BCUT2D eigenvalue weighted by atomic mass is 9.98. The number of fused-ring (bicyclic) bond motifs is 3. The fourth-order valence-electron chi connectivity index (χ4n) is 2.89. The number of hydrogen-bond donors (Lipinski definition) is 1. The van der Waals surface area contributed by atoms with Gasteiger partial charge in [-0.2, -0.15) is 0 Å². The van der Waals surface area contributed by atoms with Crippen LogP contribution < -0.4 is 5.73 Å². The Labute approximate surface area is 115 Å². The van der Waals surface area contributed by atoms with Crippen LogP contribution in [0.2, 0.25) is 0 Å². The molecule has 0 saturated carbocycles. The minimum absolute atomic E-state index is 0.267. The van der Waals surface area contributed by atoms with Crippen LogP contribution in [0, 0.1) is 0 Å². The molecule has 1 aromatic rings. The molecule has 3 fully saturated rings. The van der Waals surface area contributed by atoms with Gasteiger partial charge in [0.1, 0.15) is 0 Å². The van der Waals surface area contributed by atoms with Crippen molar-refractivity contribution in [2.75, 3.05) is 32.7 Å². The van der Waals surface area contributed by atoms with E-state index in [9.17, 15) is 0 Å². The molecule has 2 unspecified atom stereocenters. The van der Waals surface area contributed by atoms with Gasteiger partial charge in [0.2, 0.25) is 0 Å². The average molecular weight is 316 g/mol. The first-order valence-electron chi connectivity index (χ1n) is 6.18. The lowest BCUT2D eigenvalue weighted by molar-refractivity contribution is 0.00268. The van der Waals surface area contributed by atoms with Gasteiger partial charge in [0.05, 0.1) is 3.79 Å². The summed E-state index contributed by atoms with van der Waals surface area (Å²) in [6.07, 6.45) is 1.01. The van der Waals surface area contributed by atoms with Crippen LogP contribution in [0.5, 0.6) is 0 Å². The summed E-state index contributed by atoms with van der Waals surface area (Å²) in [5, 5.41) is 0. The van der Waals surface area contributed by atoms with E-state index in [4.69, 9.17) is 5.73 Å². The second-order valence-corrected chi connectivity index (χ2v) is 7.53. The van der Waals surface area contributed by atoms with E-state index < -0.39 is 0 Å².